The summed E-state index contributed by atoms with van der Waals surface area (Å²) in [5.41, 5.74) is 0.324. The fourth-order valence-corrected chi connectivity index (χ4v) is 6.62. The van der Waals surface area contributed by atoms with Gasteiger partial charge in [-0.25, -0.2) is 8.42 Å². The summed E-state index contributed by atoms with van der Waals surface area (Å²) in [6.45, 7) is 5.49. The molecule has 1 aromatic rings. The first-order valence-corrected chi connectivity index (χ1v) is 10.2. The van der Waals surface area contributed by atoms with Crippen LogP contribution in [0.4, 0.5) is 5.69 Å². The lowest BCUT2D eigenvalue weighted by molar-refractivity contribution is -0.124. The monoisotopic (exact) mass is 352 g/mol. The minimum Gasteiger partial charge on any atom is -0.316 e. The minimum atomic E-state index is -3.03. The van der Waals surface area contributed by atoms with Crippen molar-refractivity contribution in [3.05, 3.63) is 30.3 Å². The maximum absolute atomic E-state index is 12.3. The maximum atomic E-state index is 12.3. The molecule has 0 spiro atoms. The number of amidine groups is 1. The molecule has 2 fully saturated rings. The highest BCUT2D eigenvalue weighted by molar-refractivity contribution is 8.16. The van der Waals surface area contributed by atoms with E-state index in [1.54, 1.807) is 0 Å². The van der Waals surface area contributed by atoms with Crippen LogP contribution in [0.15, 0.2) is 35.3 Å². The lowest BCUT2D eigenvalue weighted by Crippen LogP contribution is -2.38. The van der Waals surface area contributed by atoms with Crippen LogP contribution in [-0.4, -0.2) is 42.3 Å². The Morgan fingerprint density at radius 3 is 2.48 bits per heavy atom. The fraction of sp³-hybridized carbons (Fsp3) is 0.500. The van der Waals surface area contributed by atoms with Crippen molar-refractivity contribution in [2.75, 3.05) is 16.4 Å². The van der Waals surface area contributed by atoms with E-state index in [0.29, 0.717) is 5.17 Å². The van der Waals surface area contributed by atoms with Crippen molar-refractivity contribution in [3.8, 4) is 0 Å². The number of aliphatic imine (C=N–C) groups is 1. The molecule has 7 heteroatoms. The average molecular weight is 352 g/mol. The second-order valence-electron chi connectivity index (χ2n) is 6.96. The Hall–Kier alpha value is -1.34. The number of hydrogen-bond donors (Lipinski definition) is 0. The van der Waals surface area contributed by atoms with E-state index < -0.39 is 15.3 Å². The summed E-state index contributed by atoms with van der Waals surface area (Å²) in [4.78, 5) is 18.5. The largest absolute Gasteiger partial charge is 0.316 e. The van der Waals surface area contributed by atoms with Crippen LogP contribution in [0.5, 0.6) is 0 Å². The second kappa shape index (κ2) is 5.63. The molecule has 0 radical (unpaired) electrons. The first kappa shape index (κ1) is 16.5. The van der Waals surface area contributed by atoms with Crippen LogP contribution in [0.25, 0.3) is 0 Å². The number of benzene rings is 1. The van der Waals surface area contributed by atoms with Gasteiger partial charge in [-0.1, -0.05) is 50.7 Å². The Labute approximate surface area is 141 Å². The third kappa shape index (κ3) is 3.30. The van der Waals surface area contributed by atoms with Gasteiger partial charge in [0.15, 0.2) is 15.0 Å². The number of hydrogen-bond acceptors (Lipinski definition) is 4. The summed E-state index contributed by atoms with van der Waals surface area (Å²) in [5.74, 6) is 0.0696. The van der Waals surface area contributed by atoms with Crippen LogP contribution in [0.2, 0.25) is 0 Å². The Kier molecular flexibility index (Phi) is 4.04. The second-order valence-corrected chi connectivity index (χ2v) is 10.3. The quantitative estimate of drug-likeness (QED) is 0.776. The van der Waals surface area contributed by atoms with E-state index in [1.807, 2.05) is 56.0 Å². The van der Waals surface area contributed by atoms with Gasteiger partial charge in [0, 0.05) is 16.4 Å². The molecule has 3 rings (SSSR count). The molecule has 0 aliphatic carbocycles. The number of carbonyl (C=O) groups is 1. The van der Waals surface area contributed by atoms with Gasteiger partial charge in [-0.15, -0.1) is 0 Å². The molecule has 2 aliphatic heterocycles. The molecule has 124 valence electrons. The summed E-state index contributed by atoms with van der Waals surface area (Å²) in [6.07, 6.45) is 0. The molecule has 2 heterocycles. The van der Waals surface area contributed by atoms with Crippen molar-refractivity contribution in [1.82, 2.24) is 0 Å². The minimum absolute atomic E-state index is 0.0632. The molecule has 0 bridgehead atoms. The number of sulfone groups is 1. The Bertz CT molecular complexity index is 751. The van der Waals surface area contributed by atoms with Crippen molar-refractivity contribution in [3.63, 3.8) is 0 Å². The third-order valence-corrected chi connectivity index (χ3v) is 7.15. The fourth-order valence-electron chi connectivity index (χ4n) is 2.71. The normalized spacial score (nSPS) is 28.1. The van der Waals surface area contributed by atoms with Gasteiger partial charge in [0.05, 0.1) is 17.5 Å². The Morgan fingerprint density at radius 2 is 1.87 bits per heavy atom. The molecule has 0 aromatic heterocycles. The Morgan fingerprint density at radius 1 is 1.22 bits per heavy atom. The zero-order valence-corrected chi connectivity index (χ0v) is 15.0. The van der Waals surface area contributed by atoms with Crippen LogP contribution < -0.4 is 4.90 Å². The highest BCUT2D eigenvalue weighted by Crippen LogP contribution is 2.41. The molecule has 23 heavy (non-hydrogen) atoms. The van der Waals surface area contributed by atoms with E-state index in [9.17, 15) is 13.2 Å². The van der Waals surface area contributed by atoms with Crippen LogP contribution in [0, 0.1) is 5.41 Å². The summed E-state index contributed by atoms with van der Waals surface area (Å²) in [7, 11) is -3.03. The van der Waals surface area contributed by atoms with Crippen molar-refractivity contribution in [2.24, 2.45) is 10.4 Å². The van der Waals surface area contributed by atoms with Gasteiger partial charge in [-0.3, -0.25) is 4.79 Å². The van der Waals surface area contributed by atoms with Gasteiger partial charge in [-0.05, 0) is 12.1 Å². The molecular formula is C16H20N2O3S2. The van der Waals surface area contributed by atoms with Crippen molar-refractivity contribution in [1.29, 1.82) is 0 Å². The number of rotatable bonds is 1. The molecule has 2 aliphatic rings. The summed E-state index contributed by atoms with van der Waals surface area (Å²) in [6, 6.07) is 9.40. The van der Waals surface area contributed by atoms with Gasteiger partial charge in [0.1, 0.15) is 0 Å². The predicted molar refractivity (Wildman–Crippen MR) is 94.6 cm³/mol. The summed E-state index contributed by atoms with van der Waals surface area (Å²) in [5, 5.41) is 0.549. The molecule has 0 saturated carbocycles. The van der Waals surface area contributed by atoms with E-state index in [4.69, 9.17) is 0 Å². The van der Waals surface area contributed by atoms with E-state index in [0.717, 1.165) is 5.69 Å². The predicted octanol–water partition coefficient (Wildman–Crippen LogP) is 2.33. The summed E-state index contributed by atoms with van der Waals surface area (Å²) >= 11 is 1.41. The number of para-hydroxylation sites is 1. The zero-order chi connectivity index (χ0) is 16.8. The number of nitrogens with zero attached hydrogens (tertiary/aromatic N) is 2. The van der Waals surface area contributed by atoms with Gasteiger partial charge in [-0.2, -0.15) is 4.99 Å². The molecule has 5 nitrogen and oxygen atoms in total. The average Bonchev–Trinajstić information content (AvgIpc) is 2.89. The zero-order valence-electron chi connectivity index (χ0n) is 13.4. The van der Waals surface area contributed by atoms with E-state index in [2.05, 4.69) is 4.99 Å². The first-order chi connectivity index (χ1) is 10.7. The molecule has 1 aromatic carbocycles. The van der Waals surface area contributed by atoms with Crippen LogP contribution in [0.1, 0.15) is 20.8 Å². The molecule has 1 amide bonds. The number of carbonyl (C=O) groups excluding carboxylic acids is 1. The van der Waals surface area contributed by atoms with Gasteiger partial charge < -0.3 is 4.90 Å². The molecule has 2 atom stereocenters. The molecule has 0 N–H and O–H groups in total. The molecule has 0 unspecified atom stereocenters. The summed E-state index contributed by atoms with van der Waals surface area (Å²) < 4.78 is 23.9. The van der Waals surface area contributed by atoms with Crippen molar-refractivity contribution in [2.45, 2.75) is 32.1 Å². The third-order valence-electron chi connectivity index (χ3n) is 3.94. The lowest BCUT2D eigenvalue weighted by atomic mass is 9.96. The van der Waals surface area contributed by atoms with Gasteiger partial charge in [0.2, 0.25) is 0 Å². The standard InChI is InChI=1S/C16H20N2O3S2/c1-16(2,3)14(19)17-15-18(11-7-5-4-6-8-11)12-9-23(20,21)10-13(12)22-15/h4-8,12-13H,9-10H2,1-3H3/t12-,13-/m1/s1. The lowest BCUT2D eigenvalue weighted by Gasteiger charge is -2.25. The van der Waals surface area contributed by atoms with E-state index in [1.165, 1.54) is 11.8 Å². The maximum Gasteiger partial charge on any atom is 0.253 e. The first-order valence-electron chi connectivity index (χ1n) is 7.52. The van der Waals surface area contributed by atoms with E-state index >= 15 is 0 Å². The van der Waals surface area contributed by atoms with Crippen LogP contribution in [-0.2, 0) is 14.6 Å². The van der Waals surface area contributed by atoms with Gasteiger partial charge >= 0.3 is 0 Å². The smallest absolute Gasteiger partial charge is 0.253 e. The van der Waals surface area contributed by atoms with Crippen LogP contribution >= 0.6 is 11.8 Å². The topological polar surface area (TPSA) is 66.8 Å². The van der Waals surface area contributed by atoms with Crippen molar-refractivity contribution < 1.29 is 13.2 Å². The highest BCUT2D eigenvalue weighted by atomic mass is 32.2. The highest BCUT2D eigenvalue weighted by Gasteiger charge is 2.49. The number of fused-ring (bicyclic) bond motifs is 1. The van der Waals surface area contributed by atoms with Crippen molar-refractivity contribution >= 4 is 38.4 Å². The number of anilines is 1. The molecular weight excluding hydrogens is 332 g/mol. The number of amides is 1. The van der Waals surface area contributed by atoms with Gasteiger partial charge in [0.25, 0.3) is 5.91 Å². The SMILES string of the molecule is CC(C)(C)C(=O)N=C1S[C@@H]2CS(=O)(=O)C[C@H]2N1c1ccccc1. The Balaban J connectivity index is 2.01. The molecule has 2 saturated heterocycles. The van der Waals surface area contributed by atoms with E-state index in [-0.39, 0.29) is 28.7 Å². The number of thioether (sulfide) groups is 1. The van der Waals surface area contributed by atoms with Crippen LogP contribution in [0.3, 0.4) is 0 Å².